The van der Waals surface area contributed by atoms with Crippen LogP contribution in [0, 0.1) is 5.92 Å². The highest BCUT2D eigenvalue weighted by atomic mass is 16.2. The average molecular weight is 371 g/mol. The Kier molecular flexibility index (Phi) is 6.35. The third kappa shape index (κ3) is 5.50. The molecule has 1 atom stereocenters. The maximum Gasteiger partial charge on any atom is 0.317 e. The smallest absolute Gasteiger partial charge is 0.317 e. The predicted molar refractivity (Wildman–Crippen MR) is 98.4 cm³/mol. The second-order valence-electron chi connectivity index (χ2n) is 6.77. The van der Waals surface area contributed by atoms with Crippen molar-refractivity contribution in [2.75, 3.05) is 13.1 Å². The molecule has 1 saturated heterocycles. The van der Waals surface area contributed by atoms with Crippen LogP contribution in [0.2, 0.25) is 0 Å². The summed E-state index contributed by atoms with van der Waals surface area (Å²) in [7, 11) is 0. The zero-order chi connectivity index (χ0) is 19.1. The van der Waals surface area contributed by atoms with Gasteiger partial charge < -0.3 is 15.5 Å². The van der Waals surface area contributed by atoms with Crippen LogP contribution < -0.4 is 10.6 Å². The summed E-state index contributed by atoms with van der Waals surface area (Å²) in [6.07, 6.45) is 6.14. The van der Waals surface area contributed by atoms with Crippen LogP contribution in [-0.4, -0.2) is 55.7 Å². The van der Waals surface area contributed by atoms with E-state index in [4.69, 9.17) is 0 Å². The molecule has 144 valence electrons. The number of carbonyl (C=O) groups excluding carboxylic acids is 2. The molecule has 27 heavy (non-hydrogen) atoms. The zero-order valence-corrected chi connectivity index (χ0v) is 15.4. The SMILES string of the molecule is CC(Cn1cncn1)NC(=O)N1CCC(C(=O)NCc2ccccn2)CC1. The fourth-order valence-corrected chi connectivity index (χ4v) is 3.12. The number of hydrogen-bond acceptors (Lipinski definition) is 5. The third-order valence-corrected chi connectivity index (χ3v) is 4.62. The minimum Gasteiger partial charge on any atom is -0.350 e. The van der Waals surface area contributed by atoms with Gasteiger partial charge in [-0.1, -0.05) is 6.07 Å². The summed E-state index contributed by atoms with van der Waals surface area (Å²) >= 11 is 0. The maximum absolute atomic E-state index is 12.4. The van der Waals surface area contributed by atoms with Crippen LogP contribution in [0.5, 0.6) is 0 Å². The Morgan fingerprint density at radius 3 is 2.78 bits per heavy atom. The average Bonchev–Trinajstić information content (AvgIpc) is 3.20. The lowest BCUT2D eigenvalue weighted by molar-refractivity contribution is -0.126. The van der Waals surface area contributed by atoms with E-state index in [9.17, 15) is 9.59 Å². The Balaban J connectivity index is 1.38. The second kappa shape index (κ2) is 9.11. The highest BCUT2D eigenvalue weighted by Gasteiger charge is 2.27. The van der Waals surface area contributed by atoms with Gasteiger partial charge in [-0.2, -0.15) is 5.10 Å². The molecule has 2 N–H and O–H groups in total. The van der Waals surface area contributed by atoms with Crippen molar-refractivity contribution in [3.8, 4) is 0 Å². The molecule has 2 aromatic heterocycles. The predicted octanol–water partition coefficient (Wildman–Crippen LogP) is 0.800. The lowest BCUT2D eigenvalue weighted by atomic mass is 9.96. The minimum absolute atomic E-state index is 0.0280. The van der Waals surface area contributed by atoms with Gasteiger partial charge in [0.2, 0.25) is 5.91 Å². The number of piperidine rings is 1. The quantitative estimate of drug-likeness (QED) is 0.781. The molecule has 0 radical (unpaired) electrons. The summed E-state index contributed by atoms with van der Waals surface area (Å²) < 4.78 is 1.68. The highest BCUT2D eigenvalue weighted by molar-refractivity contribution is 5.79. The summed E-state index contributed by atoms with van der Waals surface area (Å²) in [4.78, 5) is 34.6. The van der Waals surface area contributed by atoms with Gasteiger partial charge in [0.25, 0.3) is 0 Å². The molecule has 0 saturated carbocycles. The molecule has 1 unspecified atom stereocenters. The molecule has 3 heterocycles. The van der Waals surface area contributed by atoms with Crippen LogP contribution in [0.25, 0.3) is 0 Å². The summed E-state index contributed by atoms with van der Waals surface area (Å²) in [5.41, 5.74) is 0.837. The summed E-state index contributed by atoms with van der Waals surface area (Å²) in [5.74, 6) is -0.0365. The first-order chi connectivity index (χ1) is 13.1. The fourth-order valence-electron chi connectivity index (χ4n) is 3.12. The van der Waals surface area contributed by atoms with Crippen molar-refractivity contribution in [2.24, 2.45) is 5.92 Å². The zero-order valence-electron chi connectivity index (χ0n) is 15.4. The van der Waals surface area contributed by atoms with Gasteiger partial charge in [0, 0.05) is 31.2 Å². The lowest BCUT2D eigenvalue weighted by Crippen LogP contribution is -2.49. The molecule has 0 bridgehead atoms. The molecule has 0 aliphatic carbocycles. The molecule has 0 aromatic carbocycles. The third-order valence-electron chi connectivity index (χ3n) is 4.62. The number of rotatable bonds is 6. The van der Waals surface area contributed by atoms with E-state index in [2.05, 4.69) is 25.7 Å². The molecule has 3 amide bonds. The van der Waals surface area contributed by atoms with E-state index >= 15 is 0 Å². The van der Waals surface area contributed by atoms with Gasteiger partial charge in [-0.3, -0.25) is 14.5 Å². The number of aromatic nitrogens is 4. The van der Waals surface area contributed by atoms with Gasteiger partial charge >= 0.3 is 6.03 Å². The van der Waals surface area contributed by atoms with Gasteiger partial charge in [0.05, 0.1) is 18.8 Å². The molecular formula is C18H25N7O2. The first-order valence-electron chi connectivity index (χ1n) is 9.17. The molecule has 9 heteroatoms. The lowest BCUT2D eigenvalue weighted by Gasteiger charge is -2.32. The van der Waals surface area contributed by atoms with Crippen LogP contribution >= 0.6 is 0 Å². The first-order valence-corrected chi connectivity index (χ1v) is 9.17. The van der Waals surface area contributed by atoms with E-state index in [1.165, 1.54) is 6.33 Å². The minimum atomic E-state index is -0.102. The van der Waals surface area contributed by atoms with Crippen molar-refractivity contribution >= 4 is 11.9 Å². The van der Waals surface area contributed by atoms with Gasteiger partial charge in [-0.05, 0) is 31.9 Å². The number of pyridine rings is 1. The Labute approximate surface area is 158 Å². The van der Waals surface area contributed by atoms with Crippen molar-refractivity contribution in [3.63, 3.8) is 0 Å². The molecular weight excluding hydrogens is 346 g/mol. The van der Waals surface area contributed by atoms with Crippen LogP contribution in [0.15, 0.2) is 37.1 Å². The normalized spacial score (nSPS) is 16.0. The summed E-state index contributed by atoms with van der Waals surface area (Å²) in [5, 5.41) is 9.94. The monoisotopic (exact) mass is 371 g/mol. The van der Waals surface area contributed by atoms with Gasteiger partial charge in [0.1, 0.15) is 12.7 Å². The number of nitrogens with zero attached hydrogens (tertiary/aromatic N) is 5. The summed E-state index contributed by atoms with van der Waals surface area (Å²) in [6.45, 7) is 4.07. The number of urea groups is 1. The van der Waals surface area contributed by atoms with Crippen molar-refractivity contribution in [2.45, 2.75) is 38.9 Å². The molecule has 1 fully saturated rings. The van der Waals surface area contributed by atoms with Crippen LogP contribution in [0.3, 0.4) is 0 Å². The van der Waals surface area contributed by atoms with Crippen molar-refractivity contribution in [1.82, 2.24) is 35.3 Å². The molecule has 2 aromatic rings. The standard InChI is InChI=1S/C18H25N7O2/c1-14(11-25-13-19-12-22-25)23-18(27)24-8-5-15(6-9-24)17(26)21-10-16-4-2-3-7-20-16/h2-4,7,12-15H,5-6,8-11H2,1H3,(H,21,26)(H,23,27). The summed E-state index contributed by atoms with van der Waals surface area (Å²) in [6, 6.07) is 5.47. The number of amides is 3. The van der Waals surface area contributed by atoms with Gasteiger partial charge in [0.15, 0.2) is 0 Å². The molecule has 9 nitrogen and oxygen atoms in total. The molecule has 1 aliphatic rings. The number of hydrogen-bond donors (Lipinski definition) is 2. The molecule has 1 aliphatic heterocycles. The van der Waals surface area contributed by atoms with E-state index in [0.29, 0.717) is 39.0 Å². The van der Waals surface area contributed by atoms with Gasteiger partial charge in [-0.15, -0.1) is 0 Å². The van der Waals surface area contributed by atoms with Crippen molar-refractivity contribution in [1.29, 1.82) is 0 Å². The Bertz CT molecular complexity index is 727. The highest BCUT2D eigenvalue weighted by Crippen LogP contribution is 2.17. The van der Waals surface area contributed by atoms with E-state index in [-0.39, 0.29) is 23.9 Å². The number of carbonyl (C=O) groups is 2. The Morgan fingerprint density at radius 2 is 2.11 bits per heavy atom. The number of likely N-dealkylation sites (tertiary alicyclic amines) is 1. The topological polar surface area (TPSA) is 105 Å². The Morgan fingerprint density at radius 1 is 1.30 bits per heavy atom. The second-order valence-corrected chi connectivity index (χ2v) is 6.77. The Hall–Kier alpha value is -2.97. The number of nitrogens with one attached hydrogen (secondary N) is 2. The molecule has 3 rings (SSSR count). The van der Waals surface area contributed by atoms with Crippen LogP contribution in [0.4, 0.5) is 4.79 Å². The van der Waals surface area contributed by atoms with Crippen LogP contribution in [0.1, 0.15) is 25.5 Å². The van der Waals surface area contributed by atoms with Crippen molar-refractivity contribution < 1.29 is 9.59 Å². The fraction of sp³-hybridized carbons (Fsp3) is 0.500. The van der Waals surface area contributed by atoms with Crippen molar-refractivity contribution in [3.05, 3.63) is 42.7 Å². The van der Waals surface area contributed by atoms with E-state index in [1.54, 1.807) is 22.1 Å². The molecule has 0 spiro atoms. The van der Waals surface area contributed by atoms with E-state index < -0.39 is 0 Å². The van der Waals surface area contributed by atoms with E-state index in [0.717, 1.165) is 5.69 Å². The van der Waals surface area contributed by atoms with Crippen LogP contribution in [-0.2, 0) is 17.9 Å². The largest absolute Gasteiger partial charge is 0.350 e. The van der Waals surface area contributed by atoms with Gasteiger partial charge in [-0.25, -0.2) is 9.78 Å². The van der Waals surface area contributed by atoms with E-state index in [1.807, 2.05) is 25.1 Å². The first kappa shape index (κ1) is 18.8. The maximum atomic E-state index is 12.4.